The fourth-order valence-corrected chi connectivity index (χ4v) is 1.75. The van der Waals surface area contributed by atoms with Crippen LogP contribution >= 0.6 is 0 Å². The third-order valence-corrected chi connectivity index (χ3v) is 3.02. The Morgan fingerprint density at radius 3 is 2.69 bits per heavy atom. The average molecular weight is 219 g/mol. The van der Waals surface area contributed by atoms with Crippen LogP contribution < -0.4 is 10.1 Å². The Bertz CT molecular complexity index is 331. The van der Waals surface area contributed by atoms with Crippen molar-refractivity contribution >= 4 is 0 Å². The van der Waals surface area contributed by atoms with Crippen LogP contribution in [0.25, 0.3) is 0 Å². The van der Waals surface area contributed by atoms with Crippen molar-refractivity contribution in [2.24, 2.45) is 0 Å². The van der Waals surface area contributed by atoms with Gasteiger partial charge in [-0.25, -0.2) is 0 Å². The second-order valence-electron chi connectivity index (χ2n) is 4.81. The van der Waals surface area contributed by atoms with Crippen LogP contribution in [0.2, 0.25) is 0 Å². The van der Waals surface area contributed by atoms with E-state index >= 15 is 0 Å². The van der Waals surface area contributed by atoms with Gasteiger partial charge in [-0.3, -0.25) is 0 Å². The zero-order chi connectivity index (χ0) is 11.4. The molecule has 1 aliphatic rings. The summed E-state index contributed by atoms with van der Waals surface area (Å²) in [5.41, 5.74) is 1.27. The van der Waals surface area contributed by atoms with Gasteiger partial charge in [-0.05, 0) is 25.3 Å². The lowest BCUT2D eigenvalue weighted by atomic mass is 9.96. The van der Waals surface area contributed by atoms with Crippen LogP contribution in [0.4, 0.5) is 0 Å². The van der Waals surface area contributed by atoms with Gasteiger partial charge in [0.2, 0.25) is 0 Å². The summed E-state index contributed by atoms with van der Waals surface area (Å²) in [4.78, 5) is 0. The van der Waals surface area contributed by atoms with E-state index in [-0.39, 0.29) is 0 Å². The van der Waals surface area contributed by atoms with Gasteiger partial charge in [0.1, 0.15) is 5.75 Å². The van der Waals surface area contributed by atoms with Crippen LogP contribution in [0, 0.1) is 0 Å². The molecule has 0 saturated heterocycles. The predicted molar refractivity (Wildman–Crippen MR) is 66.7 cm³/mol. The number of nitrogens with one attached hydrogen (secondary N) is 1. The molecule has 0 heterocycles. The standard InChI is InChI=1S/C14H21NO/c1-11(2)15-10-12-6-3-4-9-14(12)16-13-7-5-8-13/h3-4,6,9,11,13,15H,5,7-8,10H2,1-2H3. The summed E-state index contributed by atoms with van der Waals surface area (Å²) >= 11 is 0. The van der Waals surface area contributed by atoms with Crippen LogP contribution in [-0.4, -0.2) is 12.1 Å². The third kappa shape index (κ3) is 2.99. The topological polar surface area (TPSA) is 21.3 Å². The van der Waals surface area contributed by atoms with E-state index in [9.17, 15) is 0 Å². The fourth-order valence-electron chi connectivity index (χ4n) is 1.75. The van der Waals surface area contributed by atoms with Gasteiger partial charge in [-0.15, -0.1) is 0 Å². The van der Waals surface area contributed by atoms with E-state index in [0.29, 0.717) is 12.1 Å². The molecule has 88 valence electrons. The minimum absolute atomic E-state index is 0.459. The molecule has 2 nitrogen and oxygen atoms in total. The van der Waals surface area contributed by atoms with Crippen LogP contribution in [0.1, 0.15) is 38.7 Å². The number of hydrogen-bond donors (Lipinski definition) is 1. The molecule has 0 bridgehead atoms. The van der Waals surface area contributed by atoms with Crippen molar-refractivity contribution in [2.75, 3.05) is 0 Å². The molecule has 1 aromatic rings. The predicted octanol–water partition coefficient (Wildman–Crippen LogP) is 3.12. The number of hydrogen-bond acceptors (Lipinski definition) is 2. The lowest BCUT2D eigenvalue weighted by Gasteiger charge is -2.27. The van der Waals surface area contributed by atoms with Crippen LogP contribution in [0.5, 0.6) is 5.75 Å². The van der Waals surface area contributed by atoms with Gasteiger partial charge in [0.25, 0.3) is 0 Å². The normalized spacial score (nSPS) is 16.2. The lowest BCUT2D eigenvalue weighted by Crippen LogP contribution is -2.26. The maximum absolute atomic E-state index is 5.97. The summed E-state index contributed by atoms with van der Waals surface area (Å²) in [6, 6.07) is 8.86. The van der Waals surface area contributed by atoms with E-state index in [4.69, 9.17) is 4.74 Å². The van der Waals surface area contributed by atoms with Crippen molar-refractivity contribution < 1.29 is 4.74 Å². The molecule has 0 atom stereocenters. The molecule has 0 radical (unpaired) electrons. The van der Waals surface area contributed by atoms with E-state index in [1.165, 1.54) is 24.8 Å². The molecule has 16 heavy (non-hydrogen) atoms. The second kappa shape index (κ2) is 5.35. The largest absolute Gasteiger partial charge is 0.490 e. The Labute approximate surface area is 98.0 Å². The maximum atomic E-state index is 5.97. The first-order valence-corrected chi connectivity index (χ1v) is 6.23. The van der Waals surface area contributed by atoms with Crippen molar-refractivity contribution in [1.82, 2.24) is 5.32 Å². The van der Waals surface area contributed by atoms with Gasteiger partial charge in [-0.1, -0.05) is 32.0 Å². The first-order chi connectivity index (χ1) is 7.75. The van der Waals surface area contributed by atoms with Gasteiger partial charge >= 0.3 is 0 Å². The first kappa shape index (κ1) is 11.5. The Hall–Kier alpha value is -1.02. The van der Waals surface area contributed by atoms with Gasteiger partial charge < -0.3 is 10.1 Å². The number of rotatable bonds is 5. The quantitative estimate of drug-likeness (QED) is 0.821. The minimum atomic E-state index is 0.459. The summed E-state index contributed by atoms with van der Waals surface area (Å²) in [5.74, 6) is 1.06. The highest BCUT2D eigenvalue weighted by Crippen LogP contribution is 2.27. The summed E-state index contributed by atoms with van der Waals surface area (Å²) < 4.78 is 5.97. The van der Waals surface area contributed by atoms with Gasteiger partial charge in [0, 0.05) is 18.2 Å². The van der Waals surface area contributed by atoms with E-state index in [1.807, 2.05) is 6.07 Å². The Morgan fingerprint density at radius 2 is 2.06 bits per heavy atom. The molecule has 2 rings (SSSR count). The highest BCUT2D eigenvalue weighted by molar-refractivity contribution is 5.33. The fraction of sp³-hybridized carbons (Fsp3) is 0.571. The van der Waals surface area contributed by atoms with Crippen molar-refractivity contribution in [3.8, 4) is 5.75 Å². The van der Waals surface area contributed by atoms with Crippen molar-refractivity contribution in [1.29, 1.82) is 0 Å². The van der Waals surface area contributed by atoms with Crippen LogP contribution in [-0.2, 0) is 6.54 Å². The van der Waals surface area contributed by atoms with Crippen molar-refractivity contribution in [3.63, 3.8) is 0 Å². The molecular weight excluding hydrogens is 198 g/mol. The Balaban J connectivity index is 1.98. The summed E-state index contributed by atoms with van der Waals surface area (Å²) in [5, 5.41) is 3.43. The second-order valence-corrected chi connectivity index (χ2v) is 4.81. The average Bonchev–Trinajstić information content (AvgIpc) is 2.22. The zero-order valence-corrected chi connectivity index (χ0v) is 10.2. The third-order valence-electron chi connectivity index (χ3n) is 3.02. The first-order valence-electron chi connectivity index (χ1n) is 6.23. The smallest absolute Gasteiger partial charge is 0.124 e. The molecule has 1 aliphatic carbocycles. The SMILES string of the molecule is CC(C)NCc1ccccc1OC1CCC1. The molecule has 0 unspecified atom stereocenters. The molecule has 1 N–H and O–H groups in total. The summed E-state index contributed by atoms with van der Waals surface area (Å²) in [6.07, 6.45) is 4.20. The zero-order valence-electron chi connectivity index (χ0n) is 10.2. The molecule has 0 spiro atoms. The maximum Gasteiger partial charge on any atom is 0.124 e. The van der Waals surface area contributed by atoms with E-state index in [0.717, 1.165) is 12.3 Å². The Kier molecular flexibility index (Phi) is 3.83. The minimum Gasteiger partial charge on any atom is -0.490 e. The molecule has 1 fully saturated rings. The van der Waals surface area contributed by atoms with Crippen molar-refractivity contribution in [2.45, 2.75) is 51.8 Å². The van der Waals surface area contributed by atoms with E-state index in [1.54, 1.807) is 0 Å². The summed E-state index contributed by atoms with van der Waals surface area (Å²) in [6.45, 7) is 5.21. The van der Waals surface area contributed by atoms with Crippen LogP contribution in [0.3, 0.4) is 0 Å². The van der Waals surface area contributed by atoms with Gasteiger partial charge in [-0.2, -0.15) is 0 Å². The number of benzene rings is 1. The van der Waals surface area contributed by atoms with E-state index < -0.39 is 0 Å². The highest BCUT2D eigenvalue weighted by Gasteiger charge is 2.19. The molecule has 1 aromatic carbocycles. The van der Waals surface area contributed by atoms with Crippen molar-refractivity contribution in [3.05, 3.63) is 29.8 Å². The summed E-state index contributed by atoms with van der Waals surface area (Å²) in [7, 11) is 0. The molecule has 0 aliphatic heterocycles. The molecule has 2 heteroatoms. The van der Waals surface area contributed by atoms with Gasteiger partial charge in [0.15, 0.2) is 0 Å². The monoisotopic (exact) mass is 219 g/mol. The lowest BCUT2D eigenvalue weighted by molar-refractivity contribution is 0.119. The number of ether oxygens (including phenoxy) is 1. The molecule has 0 aromatic heterocycles. The van der Waals surface area contributed by atoms with Crippen LogP contribution in [0.15, 0.2) is 24.3 Å². The van der Waals surface area contributed by atoms with E-state index in [2.05, 4.69) is 37.4 Å². The molecule has 0 amide bonds. The number of para-hydroxylation sites is 1. The molecular formula is C14H21NO. The highest BCUT2D eigenvalue weighted by atomic mass is 16.5. The van der Waals surface area contributed by atoms with Gasteiger partial charge in [0.05, 0.1) is 6.10 Å². The molecule has 1 saturated carbocycles. The Morgan fingerprint density at radius 1 is 1.31 bits per heavy atom.